The Morgan fingerprint density at radius 2 is 1.87 bits per heavy atom. The molecule has 150 valence electrons. The number of ether oxygens (including phenoxy) is 1. The van der Waals surface area contributed by atoms with Gasteiger partial charge in [0.25, 0.3) is 5.91 Å². The van der Waals surface area contributed by atoms with Crippen molar-refractivity contribution in [3.63, 3.8) is 0 Å². The van der Waals surface area contributed by atoms with Crippen molar-refractivity contribution in [1.29, 1.82) is 0 Å². The van der Waals surface area contributed by atoms with Crippen LogP contribution in [-0.4, -0.2) is 28.1 Å². The molecule has 0 fully saturated rings. The van der Waals surface area contributed by atoms with Crippen molar-refractivity contribution in [3.8, 4) is 17.1 Å². The number of benzene rings is 3. The molecule has 0 atom stereocenters. The number of anilines is 1. The van der Waals surface area contributed by atoms with E-state index in [9.17, 15) is 9.18 Å². The van der Waals surface area contributed by atoms with Crippen molar-refractivity contribution in [1.82, 2.24) is 15.3 Å². The zero-order chi connectivity index (χ0) is 21.1. The number of halogens is 1. The number of fused-ring (bicyclic) bond motifs is 1. The van der Waals surface area contributed by atoms with Crippen molar-refractivity contribution < 1.29 is 13.9 Å². The van der Waals surface area contributed by atoms with Gasteiger partial charge in [-0.05, 0) is 54.7 Å². The molecule has 1 heterocycles. The Labute approximate surface area is 177 Å². The summed E-state index contributed by atoms with van der Waals surface area (Å²) in [7, 11) is 1.53. The maximum atomic E-state index is 13.8. The molecule has 0 saturated heterocycles. The SMILES string of the molecule is COc1ccc(-c2nc3ccccc3[nH]2)cc1NC(=S)NC(=O)c1ccccc1F. The molecule has 6 nitrogen and oxygen atoms in total. The number of para-hydroxylation sites is 2. The standard InChI is InChI=1S/C22H17FN4O2S/c1-29-19-11-10-13(20-24-16-8-4-5-9-17(16)25-20)12-18(19)26-22(30)27-21(28)14-6-2-3-7-15(14)23/h2-12H,1H3,(H,24,25)(H2,26,27,28,30). The quantitative estimate of drug-likeness (QED) is 0.424. The number of hydrogen-bond donors (Lipinski definition) is 3. The number of rotatable bonds is 4. The predicted octanol–water partition coefficient (Wildman–Crippen LogP) is 4.50. The van der Waals surface area contributed by atoms with Gasteiger partial charge in [-0.15, -0.1) is 0 Å². The highest BCUT2D eigenvalue weighted by molar-refractivity contribution is 7.80. The van der Waals surface area contributed by atoms with Crippen LogP contribution in [0, 0.1) is 5.82 Å². The summed E-state index contributed by atoms with van der Waals surface area (Å²) in [6, 6.07) is 18.8. The molecule has 1 aromatic heterocycles. The van der Waals surface area contributed by atoms with Crippen LogP contribution in [0.15, 0.2) is 66.7 Å². The molecule has 0 radical (unpaired) electrons. The summed E-state index contributed by atoms with van der Waals surface area (Å²) in [6.45, 7) is 0. The smallest absolute Gasteiger partial charge is 0.260 e. The molecule has 0 aliphatic carbocycles. The van der Waals surface area contributed by atoms with Gasteiger partial charge in [-0.1, -0.05) is 24.3 Å². The number of nitrogens with one attached hydrogen (secondary N) is 3. The Morgan fingerprint density at radius 3 is 2.63 bits per heavy atom. The molecule has 8 heteroatoms. The first-order valence-electron chi connectivity index (χ1n) is 9.05. The van der Waals surface area contributed by atoms with Crippen molar-refractivity contribution in [3.05, 3.63) is 78.1 Å². The molecule has 0 saturated carbocycles. The molecule has 4 aromatic rings. The van der Waals surface area contributed by atoms with Gasteiger partial charge in [-0.25, -0.2) is 9.37 Å². The summed E-state index contributed by atoms with van der Waals surface area (Å²) in [5, 5.41) is 5.43. The third-order valence-corrected chi connectivity index (χ3v) is 4.66. The highest BCUT2D eigenvalue weighted by atomic mass is 32.1. The lowest BCUT2D eigenvalue weighted by atomic mass is 10.1. The minimum atomic E-state index is -0.641. The lowest BCUT2D eigenvalue weighted by Crippen LogP contribution is -2.34. The molecule has 0 unspecified atom stereocenters. The number of carbonyl (C=O) groups is 1. The number of imidazole rings is 1. The maximum Gasteiger partial charge on any atom is 0.260 e. The summed E-state index contributed by atoms with van der Waals surface area (Å²) >= 11 is 5.23. The Hall–Kier alpha value is -3.78. The van der Waals surface area contributed by atoms with Gasteiger partial charge in [-0.2, -0.15) is 0 Å². The lowest BCUT2D eigenvalue weighted by Gasteiger charge is -2.14. The number of amides is 1. The van der Waals surface area contributed by atoms with Gasteiger partial charge in [0.05, 0.1) is 29.4 Å². The number of aromatic amines is 1. The van der Waals surface area contributed by atoms with Gasteiger partial charge >= 0.3 is 0 Å². The highest BCUT2D eigenvalue weighted by Crippen LogP contribution is 2.30. The van der Waals surface area contributed by atoms with E-state index in [2.05, 4.69) is 20.6 Å². The molecule has 0 aliphatic rings. The minimum Gasteiger partial charge on any atom is -0.495 e. The Bertz CT molecular complexity index is 1220. The largest absolute Gasteiger partial charge is 0.495 e. The Balaban J connectivity index is 1.57. The van der Waals surface area contributed by atoms with E-state index >= 15 is 0 Å². The van der Waals surface area contributed by atoms with E-state index < -0.39 is 11.7 Å². The van der Waals surface area contributed by atoms with E-state index in [0.717, 1.165) is 16.6 Å². The van der Waals surface area contributed by atoms with Crippen LogP contribution in [0.3, 0.4) is 0 Å². The molecule has 30 heavy (non-hydrogen) atoms. The summed E-state index contributed by atoms with van der Waals surface area (Å²) in [6.07, 6.45) is 0. The first kappa shape index (κ1) is 19.5. The molecule has 0 bridgehead atoms. The van der Waals surface area contributed by atoms with Crippen LogP contribution in [0.5, 0.6) is 5.75 Å². The monoisotopic (exact) mass is 420 g/mol. The number of thiocarbonyl (C=S) groups is 1. The zero-order valence-electron chi connectivity index (χ0n) is 15.9. The van der Waals surface area contributed by atoms with Gasteiger partial charge in [0.15, 0.2) is 5.11 Å². The topological polar surface area (TPSA) is 79.0 Å². The number of nitrogens with zero attached hydrogens (tertiary/aromatic N) is 1. The zero-order valence-corrected chi connectivity index (χ0v) is 16.7. The fourth-order valence-electron chi connectivity index (χ4n) is 3.01. The van der Waals surface area contributed by atoms with Gasteiger partial charge in [-0.3, -0.25) is 10.1 Å². The van der Waals surface area contributed by atoms with E-state index in [1.165, 1.54) is 25.3 Å². The maximum absolute atomic E-state index is 13.8. The third kappa shape index (κ3) is 3.99. The van der Waals surface area contributed by atoms with E-state index in [4.69, 9.17) is 17.0 Å². The number of aromatic nitrogens is 2. The van der Waals surface area contributed by atoms with Gasteiger partial charge < -0.3 is 15.0 Å². The molecule has 4 rings (SSSR count). The van der Waals surface area contributed by atoms with E-state index in [1.807, 2.05) is 30.3 Å². The average Bonchev–Trinajstić information content (AvgIpc) is 3.18. The van der Waals surface area contributed by atoms with Crippen LogP contribution < -0.4 is 15.4 Å². The van der Waals surface area contributed by atoms with Crippen LogP contribution in [0.4, 0.5) is 10.1 Å². The lowest BCUT2D eigenvalue weighted by molar-refractivity contribution is 0.0974. The van der Waals surface area contributed by atoms with Gasteiger partial charge in [0.2, 0.25) is 0 Å². The predicted molar refractivity (Wildman–Crippen MR) is 118 cm³/mol. The average molecular weight is 420 g/mol. The number of methoxy groups -OCH3 is 1. The summed E-state index contributed by atoms with van der Waals surface area (Å²) in [4.78, 5) is 20.1. The fraction of sp³-hybridized carbons (Fsp3) is 0.0455. The molecule has 3 N–H and O–H groups in total. The third-order valence-electron chi connectivity index (χ3n) is 4.46. The summed E-state index contributed by atoms with van der Waals surface area (Å²) < 4.78 is 19.2. The minimum absolute atomic E-state index is 0.0170. The fourth-order valence-corrected chi connectivity index (χ4v) is 3.21. The Morgan fingerprint density at radius 1 is 1.10 bits per heavy atom. The molecule has 0 aliphatic heterocycles. The van der Waals surface area contributed by atoms with Crippen molar-refractivity contribution in [2.24, 2.45) is 0 Å². The molecular formula is C22H17FN4O2S. The van der Waals surface area contributed by atoms with Crippen LogP contribution in [-0.2, 0) is 0 Å². The second kappa shape index (κ2) is 8.30. The number of H-pyrrole nitrogens is 1. The van der Waals surface area contributed by atoms with Crippen LogP contribution in [0.1, 0.15) is 10.4 Å². The normalized spacial score (nSPS) is 10.6. The molecule has 1 amide bonds. The number of hydrogen-bond acceptors (Lipinski definition) is 4. The summed E-state index contributed by atoms with van der Waals surface area (Å²) in [5.74, 6) is -0.0548. The van der Waals surface area contributed by atoms with Crippen molar-refractivity contribution in [2.45, 2.75) is 0 Å². The highest BCUT2D eigenvalue weighted by Gasteiger charge is 2.14. The second-order valence-electron chi connectivity index (χ2n) is 6.41. The summed E-state index contributed by atoms with van der Waals surface area (Å²) in [5.41, 5.74) is 3.02. The second-order valence-corrected chi connectivity index (χ2v) is 6.81. The molecule has 0 spiro atoms. The van der Waals surface area contributed by atoms with Crippen LogP contribution >= 0.6 is 12.2 Å². The first-order chi connectivity index (χ1) is 14.5. The van der Waals surface area contributed by atoms with Crippen molar-refractivity contribution >= 4 is 40.0 Å². The van der Waals surface area contributed by atoms with Gasteiger partial charge in [0, 0.05) is 5.56 Å². The first-order valence-corrected chi connectivity index (χ1v) is 9.46. The van der Waals surface area contributed by atoms with Crippen LogP contribution in [0.2, 0.25) is 0 Å². The number of carbonyl (C=O) groups excluding carboxylic acids is 1. The van der Waals surface area contributed by atoms with Crippen molar-refractivity contribution in [2.75, 3.05) is 12.4 Å². The molecule has 3 aromatic carbocycles. The van der Waals surface area contributed by atoms with E-state index in [0.29, 0.717) is 17.3 Å². The van der Waals surface area contributed by atoms with E-state index in [1.54, 1.807) is 18.2 Å². The van der Waals surface area contributed by atoms with Crippen LogP contribution in [0.25, 0.3) is 22.4 Å². The molecular weight excluding hydrogens is 403 g/mol. The van der Waals surface area contributed by atoms with Gasteiger partial charge in [0.1, 0.15) is 17.4 Å². The Kier molecular flexibility index (Phi) is 5.40. The van der Waals surface area contributed by atoms with E-state index in [-0.39, 0.29) is 10.7 Å².